The summed E-state index contributed by atoms with van der Waals surface area (Å²) in [7, 11) is 2.12. The number of benzene rings is 5. The normalized spacial score (nSPS) is 11.6. The van der Waals surface area contributed by atoms with E-state index in [2.05, 4.69) is 142 Å². The third kappa shape index (κ3) is 4.80. The second kappa shape index (κ2) is 11.5. The number of aryl methyl sites for hydroxylation is 2. The van der Waals surface area contributed by atoms with E-state index in [1.807, 2.05) is 18.2 Å². The minimum Gasteiger partial charge on any atom is -0.464 e. The minimum absolute atomic E-state index is 0.249. The first-order chi connectivity index (χ1) is 22.3. The molecule has 7 aromatic rings. The third-order valence-electron chi connectivity index (χ3n) is 9.31. The summed E-state index contributed by atoms with van der Waals surface area (Å²) in [5.74, 6) is 1.56. The van der Waals surface area contributed by atoms with Crippen molar-refractivity contribution in [3.8, 4) is 45.4 Å². The van der Waals surface area contributed by atoms with Crippen LogP contribution < -0.4 is 4.57 Å². The van der Waals surface area contributed by atoms with Crippen LogP contribution in [0.4, 0.5) is 0 Å². The van der Waals surface area contributed by atoms with E-state index in [0.717, 1.165) is 39.0 Å². The molecule has 2 heterocycles. The van der Waals surface area contributed by atoms with E-state index in [1.165, 1.54) is 39.1 Å². The van der Waals surface area contributed by atoms with Crippen molar-refractivity contribution in [2.75, 3.05) is 0 Å². The lowest BCUT2D eigenvalue weighted by Gasteiger charge is -2.21. The molecule has 46 heavy (non-hydrogen) atoms. The number of nitrogens with zero attached hydrogens (tertiary/aromatic N) is 3. The van der Waals surface area contributed by atoms with Crippen LogP contribution in [0.1, 0.15) is 61.8 Å². The van der Waals surface area contributed by atoms with Gasteiger partial charge in [0.1, 0.15) is 11.3 Å². The molecule has 7 rings (SSSR count). The van der Waals surface area contributed by atoms with Gasteiger partial charge in [-0.2, -0.15) is 9.83 Å². The third-order valence-corrected chi connectivity index (χ3v) is 9.31. The first kappa shape index (κ1) is 29.3. The van der Waals surface area contributed by atoms with E-state index in [0.29, 0.717) is 5.56 Å². The Morgan fingerprint density at radius 3 is 1.98 bits per heavy atom. The first-order valence-electron chi connectivity index (χ1n) is 16.0. The lowest BCUT2D eigenvalue weighted by Crippen LogP contribution is -2.30. The number of rotatable bonds is 6. The minimum atomic E-state index is 0.249. The summed E-state index contributed by atoms with van der Waals surface area (Å²) in [5, 5.41) is 11.0. The Morgan fingerprint density at radius 2 is 1.35 bits per heavy atom. The van der Waals surface area contributed by atoms with Crippen LogP contribution in [0.5, 0.6) is 0 Å². The molecular formula is C42H38N3O+. The summed E-state index contributed by atoms with van der Waals surface area (Å²) in [6.45, 7) is 11.2. The van der Waals surface area contributed by atoms with Gasteiger partial charge in [-0.25, -0.2) is 4.57 Å². The standard InChI is InChI=1S/C42H38N3O/c1-26(2)36-23-34(32-15-13-31(14-16-32)30-10-8-7-9-11-30)24-37(27(3)4)40(36)45-39-22-29(25-43)12-19-38(39)44(6)42(45)35-18-17-33-20-21-46-41(33)28(35)5/h7-24,26-27H,1-6H3/q+1. The molecule has 226 valence electrons. The van der Waals surface area contributed by atoms with Gasteiger partial charge in [0.2, 0.25) is 0 Å². The molecule has 0 radical (unpaired) electrons. The summed E-state index contributed by atoms with van der Waals surface area (Å²) in [6, 6.07) is 38.9. The Bertz CT molecular complexity index is 2250. The molecule has 0 aliphatic rings. The average Bonchev–Trinajstić information content (AvgIpc) is 3.67. The highest BCUT2D eigenvalue weighted by atomic mass is 16.3. The molecular weight excluding hydrogens is 562 g/mol. The van der Waals surface area contributed by atoms with Crippen molar-refractivity contribution < 1.29 is 8.98 Å². The Balaban J connectivity index is 1.52. The van der Waals surface area contributed by atoms with Gasteiger partial charge in [0.25, 0.3) is 5.82 Å². The molecule has 0 atom stereocenters. The van der Waals surface area contributed by atoms with Gasteiger partial charge in [-0.1, -0.05) is 88.4 Å². The van der Waals surface area contributed by atoms with Gasteiger partial charge >= 0.3 is 0 Å². The number of imidazole rings is 1. The van der Waals surface area contributed by atoms with Gasteiger partial charge in [0.15, 0.2) is 11.0 Å². The SMILES string of the molecule is Cc1c(-c2n(-c3c(C(C)C)cc(-c4ccc(-c5ccccc5)cc4)cc3C(C)C)c3cc(C#N)ccc3[n+]2C)ccc2ccoc12. The predicted molar refractivity (Wildman–Crippen MR) is 188 cm³/mol. The fourth-order valence-electron chi connectivity index (χ4n) is 6.85. The van der Waals surface area contributed by atoms with Crippen molar-refractivity contribution in [3.63, 3.8) is 0 Å². The smallest absolute Gasteiger partial charge is 0.295 e. The van der Waals surface area contributed by atoms with Crippen molar-refractivity contribution in [1.82, 2.24) is 4.57 Å². The number of furan rings is 1. The van der Waals surface area contributed by atoms with Crippen LogP contribution in [0.25, 0.3) is 61.3 Å². The van der Waals surface area contributed by atoms with Crippen LogP contribution in [0.15, 0.2) is 114 Å². The average molecular weight is 601 g/mol. The number of hydrogen-bond donors (Lipinski definition) is 0. The zero-order chi connectivity index (χ0) is 32.1. The van der Waals surface area contributed by atoms with Gasteiger partial charge in [-0.15, -0.1) is 0 Å². The largest absolute Gasteiger partial charge is 0.464 e. The van der Waals surface area contributed by atoms with Gasteiger partial charge < -0.3 is 4.42 Å². The zero-order valence-electron chi connectivity index (χ0n) is 27.3. The summed E-state index contributed by atoms with van der Waals surface area (Å²) in [5.41, 5.74) is 14.4. The molecule has 2 aromatic heterocycles. The van der Waals surface area contributed by atoms with Crippen molar-refractivity contribution in [1.29, 1.82) is 5.26 Å². The van der Waals surface area contributed by atoms with Crippen LogP contribution in [-0.2, 0) is 7.05 Å². The van der Waals surface area contributed by atoms with Gasteiger partial charge in [-0.3, -0.25) is 0 Å². The number of aromatic nitrogens is 2. The molecule has 0 unspecified atom stereocenters. The van der Waals surface area contributed by atoms with E-state index in [4.69, 9.17) is 4.42 Å². The highest BCUT2D eigenvalue weighted by Gasteiger charge is 2.32. The van der Waals surface area contributed by atoms with Crippen molar-refractivity contribution in [2.24, 2.45) is 7.05 Å². The molecule has 0 saturated carbocycles. The molecule has 0 fully saturated rings. The molecule has 4 heteroatoms. The quantitative estimate of drug-likeness (QED) is 0.178. The maximum Gasteiger partial charge on any atom is 0.295 e. The molecule has 0 amide bonds. The monoisotopic (exact) mass is 600 g/mol. The van der Waals surface area contributed by atoms with Crippen LogP contribution in [0.2, 0.25) is 0 Å². The molecule has 0 spiro atoms. The van der Waals surface area contributed by atoms with Crippen molar-refractivity contribution >= 4 is 22.0 Å². The summed E-state index contributed by atoms with van der Waals surface area (Å²) >= 11 is 0. The van der Waals surface area contributed by atoms with Gasteiger partial charge in [0, 0.05) is 28.1 Å². The van der Waals surface area contributed by atoms with Crippen LogP contribution in [-0.4, -0.2) is 4.57 Å². The van der Waals surface area contributed by atoms with Crippen molar-refractivity contribution in [3.05, 3.63) is 132 Å². The number of fused-ring (bicyclic) bond motifs is 2. The van der Waals surface area contributed by atoms with Crippen LogP contribution in [0, 0.1) is 18.3 Å². The van der Waals surface area contributed by atoms with Gasteiger partial charge in [0.05, 0.1) is 30.5 Å². The van der Waals surface area contributed by atoms with E-state index in [1.54, 1.807) is 6.26 Å². The molecule has 0 N–H and O–H groups in total. The zero-order valence-corrected chi connectivity index (χ0v) is 27.3. The van der Waals surface area contributed by atoms with Gasteiger partial charge in [-0.05, 0) is 77.4 Å². The summed E-state index contributed by atoms with van der Waals surface area (Å²) in [4.78, 5) is 0. The fraction of sp³-hybridized carbons (Fsp3) is 0.190. The summed E-state index contributed by atoms with van der Waals surface area (Å²) in [6.07, 6.45) is 1.76. The fourth-order valence-corrected chi connectivity index (χ4v) is 6.85. The number of nitriles is 1. The van der Waals surface area contributed by atoms with Crippen LogP contribution in [0.3, 0.4) is 0 Å². The second-order valence-electron chi connectivity index (χ2n) is 12.9. The lowest BCUT2D eigenvalue weighted by molar-refractivity contribution is -0.633. The lowest BCUT2D eigenvalue weighted by atomic mass is 9.87. The van der Waals surface area contributed by atoms with E-state index in [-0.39, 0.29) is 11.8 Å². The Morgan fingerprint density at radius 1 is 0.717 bits per heavy atom. The molecule has 0 saturated heterocycles. The van der Waals surface area contributed by atoms with E-state index < -0.39 is 0 Å². The summed E-state index contributed by atoms with van der Waals surface area (Å²) < 4.78 is 10.6. The molecule has 0 bridgehead atoms. The second-order valence-corrected chi connectivity index (χ2v) is 12.9. The first-order valence-corrected chi connectivity index (χ1v) is 16.0. The van der Waals surface area contributed by atoms with Crippen LogP contribution >= 0.6 is 0 Å². The van der Waals surface area contributed by atoms with E-state index in [9.17, 15) is 5.26 Å². The highest BCUT2D eigenvalue weighted by Crippen LogP contribution is 2.41. The van der Waals surface area contributed by atoms with E-state index >= 15 is 0 Å². The molecule has 4 nitrogen and oxygen atoms in total. The Labute approximate surface area is 270 Å². The maximum absolute atomic E-state index is 9.95. The maximum atomic E-state index is 9.95. The Kier molecular flexibility index (Phi) is 7.34. The molecule has 5 aromatic carbocycles. The molecule has 0 aliphatic heterocycles. The highest BCUT2D eigenvalue weighted by molar-refractivity contribution is 5.89. The molecule has 0 aliphatic carbocycles. The Hall–Kier alpha value is -5.40. The number of hydrogen-bond acceptors (Lipinski definition) is 2. The van der Waals surface area contributed by atoms with Crippen molar-refractivity contribution in [2.45, 2.75) is 46.5 Å². The topological polar surface area (TPSA) is 45.7 Å². The predicted octanol–water partition coefficient (Wildman–Crippen LogP) is 10.6.